The zero-order chi connectivity index (χ0) is 18.7. The molecule has 0 fully saturated rings. The molecule has 3 aromatic rings. The van der Waals surface area contributed by atoms with Gasteiger partial charge in [-0.15, -0.1) is 10.2 Å². The number of halogens is 1. The number of aromatic nitrogens is 3. The van der Waals surface area contributed by atoms with Crippen LogP contribution < -0.4 is 4.90 Å². The van der Waals surface area contributed by atoms with E-state index >= 15 is 0 Å². The maximum atomic E-state index is 5.99. The molecule has 0 aliphatic rings. The van der Waals surface area contributed by atoms with Gasteiger partial charge in [-0.2, -0.15) is 0 Å². The average molecular weight is 407 g/mol. The predicted molar refractivity (Wildman–Crippen MR) is 113 cm³/mol. The molecule has 2 aromatic heterocycles. The van der Waals surface area contributed by atoms with Gasteiger partial charge in [-0.1, -0.05) is 54.7 Å². The lowest BCUT2D eigenvalue weighted by molar-refractivity contribution is 0.153. The summed E-state index contributed by atoms with van der Waals surface area (Å²) in [6, 6.07) is 11.0. The molecule has 2 heterocycles. The van der Waals surface area contributed by atoms with E-state index in [-0.39, 0.29) is 0 Å². The topological polar surface area (TPSA) is 51.1 Å². The van der Waals surface area contributed by atoms with Gasteiger partial charge in [0.25, 0.3) is 0 Å². The first-order valence-electron chi connectivity index (χ1n) is 8.54. The van der Waals surface area contributed by atoms with Crippen molar-refractivity contribution in [2.45, 2.75) is 32.6 Å². The highest BCUT2D eigenvalue weighted by Crippen LogP contribution is 2.33. The molecule has 0 bridgehead atoms. The van der Waals surface area contributed by atoms with Crippen LogP contribution in [0.15, 0.2) is 30.3 Å². The minimum absolute atomic E-state index is 0.384. The van der Waals surface area contributed by atoms with Gasteiger partial charge in [0.2, 0.25) is 0 Å². The SMILES string of the molecule is Cc1cc(Cl)nnc1N(COCC[Si](C)(C)C)c1nc2ccccc2s1. The highest BCUT2D eigenvalue weighted by atomic mass is 35.5. The molecule has 0 amide bonds. The lowest BCUT2D eigenvalue weighted by atomic mass is 10.3. The second kappa shape index (κ2) is 8.00. The number of hydrogen-bond donors (Lipinski definition) is 0. The molecule has 0 saturated heterocycles. The van der Waals surface area contributed by atoms with Crippen LogP contribution in [0.1, 0.15) is 5.56 Å². The van der Waals surface area contributed by atoms with E-state index in [4.69, 9.17) is 21.3 Å². The van der Waals surface area contributed by atoms with Gasteiger partial charge < -0.3 is 4.74 Å². The van der Waals surface area contributed by atoms with Crippen LogP contribution in [-0.4, -0.2) is 36.6 Å². The van der Waals surface area contributed by atoms with Gasteiger partial charge >= 0.3 is 0 Å². The summed E-state index contributed by atoms with van der Waals surface area (Å²) < 4.78 is 7.12. The fraction of sp³-hybridized carbons (Fsp3) is 0.389. The maximum absolute atomic E-state index is 5.99. The quantitative estimate of drug-likeness (QED) is 0.294. The van der Waals surface area contributed by atoms with Crippen molar-refractivity contribution in [3.8, 4) is 0 Å². The highest BCUT2D eigenvalue weighted by Gasteiger charge is 2.19. The number of ether oxygens (including phenoxy) is 1. The third-order valence-electron chi connectivity index (χ3n) is 3.91. The Labute approximate surface area is 164 Å². The number of fused-ring (bicyclic) bond motifs is 1. The van der Waals surface area contributed by atoms with Gasteiger partial charge in [-0.05, 0) is 36.7 Å². The Balaban J connectivity index is 1.88. The van der Waals surface area contributed by atoms with Crippen molar-refractivity contribution in [1.29, 1.82) is 0 Å². The molecular weight excluding hydrogens is 384 g/mol. The van der Waals surface area contributed by atoms with Crippen LogP contribution in [0.3, 0.4) is 0 Å². The molecule has 0 radical (unpaired) electrons. The fourth-order valence-corrected chi connectivity index (χ4v) is 4.34. The molecule has 0 atom stereocenters. The minimum Gasteiger partial charge on any atom is -0.361 e. The molecule has 3 rings (SSSR count). The van der Waals surface area contributed by atoms with Gasteiger partial charge in [0.1, 0.15) is 6.73 Å². The molecule has 138 valence electrons. The molecule has 0 spiro atoms. The molecule has 5 nitrogen and oxygen atoms in total. The summed E-state index contributed by atoms with van der Waals surface area (Å²) in [7, 11) is -1.13. The van der Waals surface area contributed by atoms with Crippen LogP contribution in [0.5, 0.6) is 0 Å². The molecule has 0 unspecified atom stereocenters. The van der Waals surface area contributed by atoms with Crippen LogP contribution in [0.4, 0.5) is 10.9 Å². The summed E-state index contributed by atoms with van der Waals surface area (Å²) in [5, 5.41) is 9.53. The monoisotopic (exact) mass is 406 g/mol. The van der Waals surface area contributed by atoms with Crippen LogP contribution in [0.2, 0.25) is 30.8 Å². The van der Waals surface area contributed by atoms with Crippen molar-refractivity contribution in [2.24, 2.45) is 0 Å². The Hall–Kier alpha value is -1.54. The average Bonchev–Trinajstić information content (AvgIpc) is 2.98. The Morgan fingerprint density at radius 1 is 1.19 bits per heavy atom. The van der Waals surface area contributed by atoms with Crippen molar-refractivity contribution < 1.29 is 4.74 Å². The Morgan fingerprint density at radius 2 is 1.96 bits per heavy atom. The summed E-state index contributed by atoms with van der Waals surface area (Å²) in [6.07, 6.45) is 0. The third kappa shape index (κ3) is 4.79. The second-order valence-corrected chi connectivity index (χ2v) is 14.4. The number of rotatable bonds is 7. The summed E-state index contributed by atoms with van der Waals surface area (Å²) in [4.78, 5) is 6.73. The number of nitrogens with zero attached hydrogens (tertiary/aromatic N) is 4. The summed E-state index contributed by atoms with van der Waals surface area (Å²) in [5.74, 6) is 0.724. The Bertz CT molecular complexity index is 863. The molecule has 1 aromatic carbocycles. The first-order valence-corrected chi connectivity index (χ1v) is 13.4. The van der Waals surface area contributed by atoms with Crippen molar-refractivity contribution in [2.75, 3.05) is 18.2 Å². The van der Waals surface area contributed by atoms with E-state index in [1.807, 2.05) is 36.1 Å². The first kappa shape index (κ1) is 19.2. The van der Waals surface area contributed by atoms with E-state index in [9.17, 15) is 0 Å². The number of aryl methyl sites for hydroxylation is 1. The van der Waals surface area contributed by atoms with Crippen molar-refractivity contribution in [1.82, 2.24) is 15.2 Å². The number of benzene rings is 1. The van der Waals surface area contributed by atoms with E-state index in [2.05, 4.69) is 35.9 Å². The van der Waals surface area contributed by atoms with Crippen molar-refractivity contribution >= 4 is 52.2 Å². The minimum atomic E-state index is -1.13. The molecule has 26 heavy (non-hydrogen) atoms. The molecule has 0 aliphatic carbocycles. The number of para-hydroxylation sites is 1. The third-order valence-corrected chi connectivity index (χ3v) is 6.86. The number of hydrogen-bond acceptors (Lipinski definition) is 6. The Kier molecular flexibility index (Phi) is 5.91. The highest BCUT2D eigenvalue weighted by molar-refractivity contribution is 7.22. The molecular formula is C18H23ClN4OSSi. The molecule has 0 aliphatic heterocycles. The van der Waals surface area contributed by atoms with E-state index in [1.54, 1.807) is 11.3 Å². The maximum Gasteiger partial charge on any atom is 0.194 e. The van der Waals surface area contributed by atoms with Gasteiger partial charge in [0, 0.05) is 14.7 Å². The number of thiazole rings is 1. The normalized spacial score (nSPS) is 11.9. The van der Waals surface area contributed by atoms with Gasteiger partial charge in [0.05, 0.1) is 10.2 Å². The molecule has 0 N–H and O–H groups in total. The van der Waals surface area contributed by atoms with Crippen molar-refractivity contribution in [3.63, 3.8) is 0 Å². The van der Waals surface area contributed by atoms with E-state index in [0.29, 0.717) is 11.9 Å². The van der Waals surface area contributed by atoms with Gasteiger partial charge in [0.15, 0.2) is 16.1 Å². The second-order valence-electron chi connectivity index (χ2n) is 7.41. The predicted octanol–water partition coefficient (Wildman–Crippen LogP) is 5.50. The van der Waals surface area contributed by atoms with Crippen LogP contribution in [0, 0.1) is 6.92 Å². The lowest BCUT2D eigenvalue weighted by Crippen LogP contribution is -2.26. The zero-order valence-corrected chi connectivity index (χ0v) is 18.1. The van der Waals surface area contributed by atoms with E-state index in [0.717, 1.165) is 39.4 Å². The zero-order valence-electron chi connectivity index (χ0n) is 15.5. The standard InChI is InChI=1S/C18H23ClN4OSSi/c1-13-11-16(19)21-22-17(13)23(12-24-9-10-26(2,3)4)18-20-14-7-5-6-8-15(14)25-18/h5-8,11H,9-10,12H2,1-4H3. The van der Waals surface area contributed by atoms with Crippen molar-refractivity contribution in [3.05, 3.63) is 41.0 Å². The van der Waals surface area contributed by atoms with Crippen LogP contribution in [-0.2, 0) is 4.74 Å². The van der Waals surface area contributed by atoms with E-state index in [1.165, 1.54) is 0 Å². The van der Waals surface area contributed by atoms with Gasteiger partial charge in [-0.3, -0.25) is 4.90 Å². The van der Waals surface area contributed by atoms with Gasteiger partial charge in [-0.25, -0.2) is 4.98 Å². The Morgan fingerprint density at radius 3 is 2.65 bits per heavy atom. The smallest absolute Gasteiger partial charge is 0.194 e. The summed E-state index contributed by atoms with van der Waals surface area (Å²) >= 11 is 7.60. The largest absolute Gasteiger partial charge is 0.361 e. The van der Waals surface area contributed by atoms with E-state index < -0.39 is 8.07 Å². The summed E-state index contributed by atoms with van der Waals surface area (Å²) in [5.41, 5.74) is 1.91. The first-order chi connectivity index (χ1) is 12.3. The summed E-state index contributed by atoms with van der Waals surface area (Å²) in [6.45, 7) is 10.1. The molecule has 0 saturated carbocycles. The number of anilines is 2. The fourth-order valence-electron chi connectivity index (χ4n) is 2.43. The lowest BCUT2D eigenvalue weighted by Gasteiger charge is -2.23. The molecule has 8 heteroatoms. The van der Waals surface area contributed by atoms with Crippen LogP contribution in [0.25, 0.3) is 10.2 Å². The van der Waals surface area contributed by atoms with Crippen LogP contribution >= 0.6 is 22.9 Å².